The van der Waals surface area contributed by atoms with E-state index < -0.39 is 5.41 Å². The number of hydrogen-bond acceptors (Lipinski definition) is 5. The zero-order valence-electron chi connectivity index (χ0n) is 19.7. The van der Waals surface area contributed by atoms with Crippen LogP contribution in [0.15, 0.2) is 36.4 Å². The molecular formula is C26H33FN2O4. The van der Waals surface area contributed by atoms with Crippen molar-refractivity contribution in [1.29, 1.82) is 0 Å². The first-order chi connectivity index (χ1) is 16.0. The Morgan fingerprint density at radius 3 is 2.09 bits per heavy atom. The number of ether oxygens (including phenoxy) is 3. The standard InChI is InChI=1S/C26H33FN2O4/c1-31-22-11-6-19(23(32-2)24(22)33-3)18-28-14-16-29(17-15-28)25(30)26(12-4-5-13-26)20-7-9-21(27)10-8-20/h6-11H,4-5,12-18H2,1-3H3. The highest BCUT2D eigenvalue weighted by atomic mass is 19.1. The summed E-state index contributed by atoms with van der Waals surface area (Å²) in [5.41, 5.74) is 1.46. The van der Waals surface area contributed by atoms with Gasteiger partial charge in [-0.15, -0.1) is 0 Å². The molecule has 7 heteroatoms. The van der Waals surface area contributed by atoms with Gasteiger partial charge < -0.3 is 19.1 Å². The molecule has 178 valence electrons. The lowest BCUT2D eigenvalue weighted by Crippen LogP contribution is -2.53. The van der Waals surface area contributed by atoms with Crippen LogP contribution in [0.25, 0.3) is 0 Å². The molecule has 0 N–H and O–H groups in total. The van der Waals surface area contributed by atoms with Crippen molar-refractivity contribution in [3.8, 4) is 17.2 Å². The minimum Gasteiger partial charge on any atom is -0.493 e. The lowest BCUT2D eigenvalue weighted by Gasteiger charge is -2.40. The fraction of sp³-hybridized carbons (Fsp3) is 0.500. The smallest absolute Gasteiger partial charge is 0.233 e. The Morgan fingerprint density at radius 1 is 0.879 bits per heavy atom. The number of carbonyl (C=O) groups excluding carboxylic acids is 1. The predicted molar refractivity (Wildman–Crippen MR) is 125 cm³/mol. The molecule has 1 saturated heterocycles. The van der Waals surface area contributed by atoms with Crippen LogP contribution in [-0.4, -0.2) is 63.2 Å². The third kappa shape index (κ3) is 4.51. The van der Waals surface area contributed by atoms with Gasteiger partial charge in [-0.25, -0.2) is 4.39 Å². The number of nitrogens with zero attached hydrogens (tertiary/aromatic N) is 2. The monoisotopic (exact) mass is 456 g/mol. The van der Waals surface area contributed by atoms with Crippen LogP contribution < -0.4 is 14.2 Å². The maximum Gasteiger partial charge on any atom is 0.233 e. The second-order valence-corrected chi connectivity index (χ2v) is 8.86. The average Bonchev–Trinajstić information content (AvgIpc) is 3.35. The molecule has 1 heterocycles. The lowest BCUT2D eigenvalue weighted by molar-refractivity contribution is -0.139. The highest BCUT2D eigenvalue weighted by Gasteiger charge is 2.45. The van der Waals surface area contributed by atoms with E-state index in [2.05, 4.69) is 4.90 Å². The topological polar surface area (TPSA) is 51.2 Å². The van der Waals surface area contributed by atoms with E-state index in [-0.39, 0.29) is 11.7 Å². The van der Waals surface area contributed by atoms with E-state index in [0.29, 0.717) is 36.9 Å². The number of carbonyl (C=O) groups is 1. The summed E-state index contributed by atoms with van der Waals surface area (Å²) >= 11 is 0. The van der Waals surface area contributed by atoms with Crippen LogP contribution in [0, 0.1) is 5.82 Å². The fourth-order valence-electron chi connectivity index (χ4n) is 5.31. The molecule has 2 aromatic carbocycles. The molecule has 4 rings (SSSR count). The van der Waals surface area contributed by atoms with Crippen LogP contribution in [0.4, 0.5) is 4.39 Å². The summed E-state index contributed by atoms with van der Waals surface area (Å²) in [6.07, 6.45) is 3.73. The molecule has 6 nitrogen and oxygen atoms in total. The first kappa shape index (κ1) is 23.4. The molecule has 0 aromatic heterocycles. The maximum atomic E-state index is 13.7. The number of rotatable bonds is 7. The van der Waals surface area contributed by atoms with Gasteiger partial charge in [-0.05, 0) is 36.6 Å². The van der Waals surface area contributed by atoms with Crippen molar-refractivity contribution < 1.29 is 23.4 Å². The molecule has 2 aromatic rings. The molecule has 2 fully saturated rings. The predicted octanol–water partition coefficient (Wildman–Crippen LogP) is 4.01. The molecule has 1 amide bonds. The zero-order chi connectivity index (χ0) is 23.4. The van der Waals surface area contributed by atoms with Gasteiger partial charge in [0, 0.05) is 38.3 Å². The third-order valence-corrected chi connectivity index (χ3v) is 7.10. The second-order valence-electron chi connectivity index (χ2n) is 8.86. The fourth-order valence-corrected chi connectivity index (χ4v) is 5.31. The number of benzene rings is 2. The van der Waals surface area contributed by atoms with E-state index in [1.165, 1.54) is 12.1 Å². The molecule has 0 unspecified atom stereocenters. The van der Waals surface area contributed by atoms with Crippen molar-refractivity contribution >= 4 is 5.91 Å². The minimum absolute atomic E-state index is 0.190. The number of piperazine rings is 1. The number of methoxy groups -OCH3 is 3. The van der Waals surface area contributed by atoms with Gasteiger partial charge >= 0.3 is 0 Å². The van der Waals surface area contributed by atoms with Crippen molar-refractivity contribution in [2.75, 3.05) is 47.5 Å². The zero-order valence-corrected chi connectivity index (χ0v) is 19.7. The highest BCUT2D eigenvalue weighted by molar-refractivity contribution is 5.88. The minimum atomic E-state index is -0.511. The van der Waals surface area contributed by atoms with Crippen molar-refractivity contribution in [1.82, 2.24) is 9.80 Å². The Labute approximate surface area is 195 Å². The summed E-state index contributed by atoms with van der Waals surface area (Å²) in [6.45, 7) is 3.62. The van der Waals surface area contributed by atoms with Crippen molar-refractivity contribution in [2.24, 2.45) is 0 Å². The number of amides is 1. The van der Waals surface area contributed by atoms with Gasteiger partial charge in [0.2, 0.25) is 11.7 Å². The van der Waals surface area contributed by atoms with Crippen LogP contribution >= 0.6 is 0 Å². The van der Waals surface area contributed by atoms with Crippen molar-refractivity contribution in [2.45, 2.75) is 37.6 Å². The van der Waals surface area contributed by atoms with E-state index >= 15 is 0 Å². The van der Waals surface area contributed by atoms with E-state index in [9.17, 15) is 9.18 Å². The van der Waals surface area contributed by atoms with Crippen LogP contribution in [0.3, 0.4) is 0 Å². The lowest BCUT2D eigenvalue weighted by atomic mass is 9.77. The molecule has 0 spiro atoms. The van der Waals surface area contributed by atoms with E-state index in [4.69, 9.17) is 14.2 Å². The summed E-state index contributed by atoms with van der Waals surface area (Å²) in [7, 11) is 4.85. The molecule has 0 atom stereocenters. The van der Waals surface area contributed by atoms with Crippen LogP contribution in [0.1, 0.15) is 36.8 Å². The number of halogens is 1. The maximum absolute atomic E-state index is 13.7. The summed E-state index contributed by atoms with van der Waals surface area (Å²) in [5.74, 6) is 1.83. The van der Waals surface area contributed by atoms with Gasteiger partial charge in [0.05, 0.1) is 26.7 Å². The number of hydrogen-bond donors (Lipinski definition) is 0. The molecule has 33 heavy (non-hydrogen) atoms. The summed E-state index contributed by atoms with van der Waals surface area (Å²) in [5, 5.41) is 0. The first-order valence-electron chi connectivity index (χ1n) is 11.6. The second kappa shape index (κ2) is 10.00. The molecule has 0 radical (unpaired) electrons. The van der Waals surface area contributed by atoms with E-state index in [1.807, 2.05) is 17.0 Å². The van der Waals surface area contributed by atoms with Gasteiger partial charge in [-0.1, -0.05) is 31.0 Å². The van der Waals surface area contributed by atoms with Crippen LogP contribution in [0.5, 0.6) is 17.2 Å². The Balaban J connectivity index is 1.45. The quantitative estimate of drug-likeness (QED) is 0.630. The summed E-state index contributed by atoms with van der Waals surface area (Å²) < 4.78 is 30.0. The third-order valence-electron chi connectivity index (χ3n) is 7.10. The summed E-state index contributed by atoms with van der Waals surface area (Å²) in [4.78, 5) is 18.0. The van der Waals surface area contributed by atoms with Gasteiger partial charge in [0.15, 0.2) is 11.5 Å². The van der Waals surface area contributed by atoms with Gasteiger partial charge in [0.25, 0.3) is 0 Å². The van der Waals surface area contributed by atoms with Crippen LogP contribution in [0.2, 0.25) is 0 Å². The molecule has 0 bridgehead atoms. The molecule has 2 aliphatic rings. The molecule has 1 aliphatic carbocycles. The Hall–Kier alpha value is -2.80. The molecular weight excluding hydrogens is 423 g/mol. The molecule has 1 aliphatic heterocycles. The van der Waals surface area contributed by atoms with Gasteiger partial charge in [-0.3, -0.25) is 9.69 Å². The average molecular weight is 457 g/mol. The normalized spacial score (nSPS) is 18.2. The van der Waals surface area contributed by atoms with Crippen molar-refractivity contribution in [3.63, 3.8) is 0 Å². The first-order valence-corrected chi connectivity index (χ1v) is 11.6. The van der Waals surface area contributed by atoms with E-state index in [1.54, 1.807) is 33.5 Å². The Kier molecular flexibility index (Phi) is 7.08. The SMILES string of the molecule is COc1ccc(CN2CCN(C(=O)C3(c4ccc(F)cc4)CCCC3)CC2)c(OC)c1OC. The van der Waals surface area contributed by atoms with Crippen LogP contribution in [-0.2, 0) is 16.8 Å². The van der Waals surface area contributed by atoms with E-state index in [0.717, 1.165) is 49.9 Å². The Morgan fingerprint density at radius 2 is 1.52 bits per heavy atom. The highest BCUT2D eigenvalue weighted by Crippen LogP contribution is 2.43. The largest absolute Gasteiger partial charge is 0.493 e. The Bertz CT molecular complexity index is 965. The van der Waals surface area contributed by atoms with Gasteiger partial charge in [0.1, 0.15) is 5.82 Å². The molecule has 1 saturated carbocycles. The van der Waals surface area contributed by atoms with Crippen molar-refractivity contribution in [3.05, 3.63) is 53.3 Å². The summed E-state index contributed by atoms with van der Waals surface area (Å²) in [6, 6.07) is 10.4. The van der Waals surface area contributed by atoms with Gasteiger partial charge in [-0.2, -0.15) is 0 Å².